The van der Waals surface area contributed by atoms with Crippen molar-refractivity contribution in [3.8, 4) is 0 Å². The molecule has 2 aromatic rings. The number of rotatable bonds is 4. The van der Waals surface area contributed by atoms with Crippen molar-refractivity contribution in [2.45, 2.75) is 31.6 Å². The predicted octanol–water partition coefficient (Wildman–Crippen LogP) is 4.25. The summed E-state index contributed by atoms with van der Waals surface area (Å²) in [4.78, 5) is 28.5. The van der Waals surface area contributed by atoms with E-state index in [4.69, 9.17) is 0 Å². The van der Waals surface area contributed by atoms with Crippen LogP contribution in [-0.2, 0) is 11.2 Å². The molecule has 3 rings (SSSR count). The van der Waals surface area contributed by atoms with E-state index in [-0.39, 0.29) is 29.7 Å². The average molecular weight is 376 g/mol. The lowest BCUT2D eigenvalue weighted by molar-refractivity contribution is -0.120. The van der Waals surface area contributed by atoms with Gasteiger partial charge in [-0.3, -0.25) is 14.6 Å². The van der Waals surface area contributed by atoms with E-state index in [1.165, 1.54) is 6.07 Å². The van der Waals surface area contributed by atoms with Crippen molar-refractivity contribution >= 4 is 27.5 Å². The quantitative estimate of drug-likeness (QED) is 0.802. The van der Waals surface area contributed by atoms with Crippen LogP contribution in [0.25, 0.3) is 0 Å². The van der Waals surface area contributed by atoms with Gasteiger partial charge in [0, 0.05) is 29.4 Å². The highest BCUT2D eigenvalue weighted by molar-refractivity contribution is 9.10. The van der Waals surface area contributed by atoms with E-state index < -0.39 is 0 Å². The molecule has 1 aromatic carbocycles. The maximum atomic E-state index is 13.8. The second-order valence-electron chi connectivity index (χ2n) is 5.66. The van der Waals surface area contributed by atoms with E-state index >= 15 is 0 Å². The zero-order valence-electron chi connectivity index (χ0n) is 12.4. The number of nitrogens with zero attached hydrogens (tertiary/aromatic N) is 1. The zero-order chi connectivity index (χ0) is 16.4. The number of aryl methyl sites for hydroxylation is 1. The molecular weight excluding hydrogens is 361 g/mol. The first kappa shape index (κ1) is 16.0. The molecule has 0 saturated heterocycles. The van der Waals surface area contributed by atoms with Crippen LogP contribution < -0.4 is 0 Å². The van der Waals surface area contributed by atoms with Gasteiger partial charge in [-0.1, -0.05) is 28.1 Å². The minimum Gasteiger partial charge on any atom is -0.299 e. The van der Waals surface area contributed by atoms with Crippen molar-refractivity contribution < 1.29 is 14.0 Å². The second-order valence-corrected chi connectivity index (χ2v) is 6.57. The van der Waals surface area contributed by atoms with E-state index in [9.17, 15) is 14.0 Å². The number of fused-ring (bicyclic) bond motifs is 1. The van der Waals surface area contributed by atoms with Crippen molar-refractivity contribution in [3.05, 3.63) is 63.6 Å². The Morgan fingerprint density at radius 3 is 2.96 bits per heavy atom. The van der Waals surface area contributed by atoms with Crippen LogP contribution in [0.5, 0.6) is 0 Å². The number of hydrogen-bond donors (Lipinski definition) is 0. The fourth-order valence-corrected chi connectivity index (χ4v) is 3.31. The third-order valence-corrected chi connectivity index (χ3v) is 4.68. The summed E-state index contributed by atoms with van der Waals surface area (Å²) >= 11 is 3.22. The maximum Gasteiger partial charge on any atom is 0.181 e. The number of aromatic nitrogens is 1. The zero-order valence-corrected chi connectivity index (χ0v) is 14.0. The number of hydrogen-bond acceptors (Lipinski definition) is 3. The molecule has 1 aromatic heterocycles. The third-order valence-electron chi connectivity index (χ3n) is 4.18. The minimum absolute atomic E-state index is 0.0106. The molecule has 5 heteroatoms. The first-order valence-electron chi connectivity index (χ1n) is 7.51. The topological polar surface area (TPSA) is 47.0 Å². The van der Waals surface area contributed by atoms with Crippen molar-refractivity contribution in [2.24, 2.45) is 0 Å². The Hall–Kier alpha value is -1.88. The molecule has 0 spiro atoms. The Labute approximate surface area is 142 Å². The number of Topliss-reactive ketones (excluding diaryl/α,β-unsaturated/α-hetero) is 2. The molecule has 1 atom stereocenters. The number of pyridine rings is 1. The van der Waals surface area contributed by atoms with Crippen LogP contribution in [0, 0.1) is 5.82 Å². The smallest absolute Gasteiger partial charge is 0.181 e. The van der Waals surface area contributed by atoms with E-state index in [2.05, 4.69) is 20.9 Å². The van der Waals surface area contributed by atoms with E-state index in [0.29, 0.717) is 40.6 Å². The van der Waals surface area contributed by atoms with Crippen molar-refractivity contribution in [3.63, 3.8) is 0 Å². The minimum atomic E-state index is -0.312. The van der Waals surface area contributed by atoms with Gasteiger partial charge in [-0.25, -0.2) is 4.39 Å². The van der Waals surface area contributed by atoms with Gasteiger partial charge >= 0.3 is 0 Å². The SMILES string of the molecule is O=C1CCC(C(=O)CCc2ccc(Br)cc2F)c2cccnc21. The Morgan fingerprint density at radius 2 is 2.17 bits per heavy atom. The maximum absolute atomic E-state index is 13.8. The van der Waals surface area contributed by atoms with Gasteiger partial charge in [0.15, 0.2) is 5.78 Å². The van der Waals surface area contributed by atoms with Crippen LogP contribution in [-0.4, -0.2) is 16.6 Å². The van der Waals surface area contributed by atoms with E-state index in [1.54, 1.807) is 30.5 Å². The van der Waals surface area contributed by atoms with Gasteiger partial charge < -0.3 is 0 Å². The summed E-state index contributed by atoms with van der Waals surface area (Å²) in [5, 5.41) is 0. The number of halogens is 2. The molecule has 0 aliphatic heterocycles. The predicted molar refractivity (Wildman–Crippen MR) is 88.0 cm³/mol. The molecule has 118 valence electrons. The van der Waals surface area contributed by atoms with Crippen molar-refractivity contribution in [1.29, 1.82) is 0 Å². The van der Waals surface area contributed by atoms with E-state index in [1.807, 2.05) is 0 Å². The first-order valence-corrected chi connectivity index (χ1v) is 8.30. The van der Waals surface area contributed by atoms with Gasteiger partial charge in [-0.15, -0.1) is 0 Å². The monoisotopic (exact) mass is 375 g/mol. The van der Waals surface area contributed by atoms with Crippen LogP contribution in [0.4, 0.5) is 4.39 Å². The highest BCUT2D eigenvalue weighted by Gasteiger charge is 2.30. The molecule has 1 aliphatic rings. The second kappa shape index (κ2) is 6.71. The number of carbonyl (C=O) groups is 2. The molecule has 1 aliphatic carbocycles. The molecule has 0 amide bonds. The standard InChI is InChI=1S/C18H15BrFNO2/c19-12-5-3-11(15(20)10-12)4-7-16(22)13-6-8-17(23)18-14(13)2-1-9-21-18/h1-3,5,9-10,13H,4,6-8H2. The van der Waals surface area contributed by atoms with Gasteiger partial charge in [0.1, 0.15) is 17.3 Å². The van der Waals surface area contributed by atoms with Gasteiger partial charge in [0.2, 0.25) is 0 Å². The summed E-state index contributed by atoms with van der Waals surface area (Å²) in [7, 11) is 0. The van der Waals surface area contributed by atoms with Crippen LogP contribution in [0.15, 0.2) is 41.0 Å². The largest absolute Gasteiger partial charge is 0.299 e. The lowest BCUT2D eigenvalue weighted by atomic mass is 9.81. The lowest BCUT2D eigenvalue weighted by Crippen LogP contribution is -2.23. The normalized spacial score (nSPS) is 17.0. The summed E-state index contributed by atoms with van der Waals surface area (Å²) in [6.45, 7) is 0. The van der Waals surface area contributed by atoms with Gasteiger partial charge in [0.05, 0.1) is 0 Å². The fourth-order valence-electron chi connectivity index (χ4n) is 2.97. The average Bonchev–Trinajstić information content (AvgIpc) is 2.54. The molecule has 0 radical (unpaired) electrons. The summed E-state index contributed by atoms with van der Waals surface area (Å²) in [5.74, 6) is -0.597. The number of benzene rings is 1. The molecule has 0 bridgehead atoms. The Balaban J connectivity index is 1.74. The van der Waals surface area contributed by atoms with Crippen molar-refractivity contribution in [2.75, 3.05) is 0 Å². The highest BCUT2D eigenvalue weighted by Crippen LogP contribution is 2.32. The van der Waals surface area contributed by atoms with Gasteiger partial charge in [-0.05, 0) is 42.2 Å². The molecule has 0 N–H and O–H groups in total. The Kier molecular flexibility index (Phi) is 4.66. The third kappa shape index (κ3) is 3.39. The summed E-state index contributed by atoms with van der Waals surface area (Å²) in [6.07, 6.45) is 3.04. The first-order chi connectivity index (χ1) is 11.1. The molecule has 0 saturated carbocycles. The molecule has 0 fully saturated rings. The molecular formula is C18H15BrFNO2. The fraction of sp³-hybridized carbons (Fsp3) is 0.278. The Bertz CT molecular complexity index is 775. The molecule has 1 unspecified atom stereocenters. The number of carbonyl (C=O) groups excluding carboxylic acids is 2. The van der Waals surface area contributed by atoms with Crippen LogP contribution in [0.2, 0.25) is 0 Å². The van der Waals surface area contributed by atoms with Gasteiger partial charge in [0.25, 0.3) is 0 Å². The van der Waals surface area contributed by atoms with Gasteiger partial charge in [-0.2, -0.15) is 0 Å². The molecule has 23 heavy (non-hydrogen) atoms. The summed E-state index contributed by atoms with van der Waals surface area (Å²) in [5.41, 5.74) is 1.65. The van der Waals surface area contributed by atoms with Crippen molar-refractivity contribution in [1.82, 2.24) is 4.98 Å². The molecule has 1 heterocycles. The molecule has 3 nitrogen and oxygen atoms in total. The van der Waals surface area contributed by atoms with Crippen LogP contribution in [0.3, 0.4) is 0 Å². The Morgan fingerprint density at radius 1 is 1.35 bits per heavy atom. The lowest BCUT2D eigenvalue weighted by Gasteiger charge is -2.22. The number of ketones is 2. The highest BCUT2D eigenvalue weighted by atomic mass is 79.9. The van der Waals surface area contributed by atoms with Crippen LogP contribution >= 0.6 is 15.9 Å². The van der Waals surface area contributed by atoms with Crippen LogP contribution in [0.1, 0.15) is 46.8 Å². The van der Waals surface area contributed by atoms with E-state index in [0.717, 1.165) is 0 Å². The summed E-state index contributed by atoms with van der Waals surface area (Å²) < 4.78 is 14.5. The summed E-state index contributed by atoms with van der Waals surface area (Å²) in [6, 6.07) is 8.39.